The van der Waals surface area contributed by atoms with Gasteiger partial charge in [-0.2, -0.15) is 0 Å². The molecule has 3 aromatic rings. The number of aromatic hydroxyl groups is 1. The molecule has 0 saturated carbocycles. The van der Waals surface area contributed by atoms with Gasteiger partial charge >= 0.3 is 6.09 Å². The van der Waals surface area contributed by atoms with Crippen LogP contribution in [0.5, 0.6) is 5.75 Å². The van der Waals surface area contributed by atoms with Gasteiger partial charge in [-0.25, -0.2) is 4.79 Å². The summed E-state index contributed by atoms with van der Waals surface area (Å²) in [5.74, 6) is 0.647. The van der Waals surface area contributed by atoms with Gasteiger partial charge in [0.25, 0.3) is 0 Å². The van der Waals surface area contributed by atoms with Gasteiger partial charge < -0.3 is 9.84 Å². The summed E-state index contributed by atoms with van der Waals surface area (Å²) in [5.41, 5.74) is 5.96. The highest BCUT2D eigenvalue weighted by Gasteiger charge is 2.23. The van der Waals surface area contributed by atoms with Crippen LogP contribution < -0.4 is 5.32 Å². The maximum absolute atomic E-state index is 12.1. The molecule has 32 heavy (non-hydrogen) atoms. The van der Waals surface area contributed by atoms with Gasteiger partial charge in [0.2, 0.25) is 0 Å². The average Bonchev–Trinajstić information content (AvgIpc) is 2.75. The van der Waals surface area contributed by atoms with Gasteiger partial charge in [-0.15, -0.1) is 0 Å². The summed E-state index contributed by atoms with van der Waals surface area (Å²) in [6.07, 6.45) is 2.25. The third-order valence-corrected chi connectivity index (χ3v) is 6.10. The van der Waals surface area contributed by atoms with Crippen molar-refractivity contribution in [2.75, 3.05) is 5.32 Å². The highest BCUT2D eigenvalue weighted by molar-refractivity contribution is 6.34. The first kappa shape index (κ1) is 22.3. The summed E-state index contributed by atoms with van der Waals surface area (Å²) in [6.45, 7) is 4.38. The number of allylic oxidation sites excluding steroid dienone is 1. The zero-order chi connectivity index (χ0) is 22.7. The van der Waals surface area contributed by atoms with Crippen LogP contribution in [0.25, 0.3) is 5.57 Å². The molecule has 4 rings (SSSR count). The molecule has 0 aromatic heterocycles. The average molecular weight is 468 g/mol. The molecule has 164 valence electrons. The summed E-state index contributed by atoms with van der Waals surface area (Å²) >= 11 is 11.9. The molecule has 1 atom stereocenters. The smallest absolute Gasteiger partial charge is 0.411 e. The predicted molar refractivity (Wildman–Crippen MR) is 129 cm³/mol. The number of ether oxygens (including phenoxy) is 1. The lowest BCUT2D eigenvalue weighted by Gasteiger charge is -2.27. The minimum atomic E-state index is -0.547. The standard InChI is InChI=1S/C26H23Cl2NO3/c1-16-19(4-5-20-13-24(30)8-9-25(16)20)10-17-2-6-23(7-3-17)29-26(31)32-15-18-11-21(27)14-22(28)12-18/h2-3,6-9,11-14,19,30H,1,4-5,10,15H2,(H,29,31). The fourth-order valence-corrected chi connectivity index (χ4v) is 4.63. The third kappa shape index (κ3) is 5.45. The van der Waals surface area contributed by atoms with E-state index in [2.05, 4.69) is 11.9 Å². The Morgan fingerprint density at radius 2 is 1.75 bits per heavy atom. The molecular formula is C26H23Cl2NO3. The lowest BCUT2D eigenvalue weighted by atomic mass is 9.77. The second-order valence-corrected chi connectivity index (χ2v) is 8.86. The molecule has 1 amide bonds. The van der Waals surface area contributed by atoms with Gasteiger partial charge in [-0.05, 0) is 95.5 Å². The van der Waals surface area contributed by atoms with Crippen molar-refractivity contribution in [3.8, 4) is 5.75 Å². The van der Waals surface area contributed by atoms with Crippen LogP contribution in [-0.2, 0) is 24.2 Å². The highest BCUT2D eigenvalue weighted by Crippen LogP contribution is 2.37. The number of halogens is 2. The van der Waals surface area contributed by atoms with Crippen molar-refractivity contribution in [3.05, 3.63) is 99.5 Å². The Hall–Kier alpha value is -2.95. The summed E-state index contributed by atoms with van der Waals surface area (Å²) in [5, 5.41) is 13.4. The Morgan fingerprint density at radius 1 is 1.03 bits per heavy atom. The zero-order valence-corrected chi connectivity index (χ0v) is 18.9. The molecule has 0 heterocycles. The number of aryl methyl sites for hydroxylation is 1. The number of fused-ring (bicyclic) bond motifs is 1. The number of carbonyl (C=O) groups is 1. The molecule has 0 fully saturated rings. The van der Waals surface area contributed by atoms with Crippen LogP contribution >= 0.6 is 23.2 Å². The highest BCUT2D eigenvalue weighted by atomic mass is 35.5. The summed E-state index contributed by atoms with van der Waals surface area (Å²) in [4.78, 5) is 12.1. The van der Waals surface area contributed by atoms with Gasteiger partial charge in [0, 0.05) is 15.7 Å². The predicted octanol–water partition coefficient (Wildman–Crippen LogP) is 7.27. The topological polar surface area (TPSA) is 58.6 Å². The fourth-order valence-electron chi connectivity index (χ4n) is 4.06. The molecule has 4 nitrogen and oxygen atoms in total. The van der Waals surface area contributed by atoms with E-state index in [4.69, 9.17) is 27.9 Å². The lowest BCUT2D eigenvalue weighted by Crippen LogP contribution is -2.15. The second kappa shape index (κ2) is 9.68. The van der Waals surface area contributed by atoms with Crippen LogP contribution in [-0.4, -0.2) is 11.2 Å². The van der Waals surface area contributed by atoms with Crippen LogP contribution in [0.1, 0.15) is 28.7 Å². The number of amides is 1. The van der Waals surface area contributed by atoms with Crippen LogP contribution in [0.15, 0.2) is 67.2 Å². The van der Waals surface area contributed by atoms with Gasteiger partial charge in [0.1, 0.15) is 12.4 Å². The summed E-state index contributed by atoms with van der Waals surface area (Å²) < 4.78 is 5.25. The first-order chi connectivity index (χ1) is 15.4. The fraction of sp³-hybridized carbons (Fsp3) is 0.192. The summed E-state index contributed by atoms with van der Waals surface area (Å²) in [6, 6.07) is 18.3. The first-order valence-corrected chi connectivity index (χ1v) is 11.1. The molecule has 0 spiro atoms. The molecule has 0 radical (unpaired) electrons. The quantitative estimate of drug-likeness (QED) is 0.414. The normalized spacial score (nSPS) is 15.2. The number of benzene rings is 3. The molecule has 6 heteroatoms. The van der Waals surface area contributed by atoms with Crippen molar-refractivity contribution in [2.24, 2.45) is 5.92 Å². The monoisotopic (exact) mass is 467 g/mol. The number of nitrogens with one attached hydrogen (secondary N) is 1. The Labute approximate surface area is 197 Å². The number of carbonyl (C=O) groups excluding carboxylic acids is 1. The van der Waals surface area contributed by atoms with E-state index in [-0.39, 0.29) is 6.61 Å². The molecule has 1 aliphatic carbocycles. The molecule has 1 aliphatic rings. The van der Waals surface area contributed by atoms with E-state index in [1.807, 2.05) is 36.4 Å². The molecular weight excluding hydrogens is 445 g/mol. The van der Waals surface area contributed by atoms with Crippen molar-refractivity contribution < 1.29 is 14.6 Å². The number of phenolic OH excluding ortho intramolecular Hbond substituents is 1. The van der Waals surface area contributed by atoms with Gasteiger partial charge in [0.15, 0.2) is 0 Å². The van der Waals surface area contributed by atoms with Gasteiger partial charge in [-0.3, -0.25) is 5.32 Å². The second-order valence-electron chi connectivity index (χ2n) is 7.98. The van der Waals surface area contributed by atoms with E-state index < -0.39 is 6.09 Å². The van der Waals surface area contributed by atoms with Crippen molar-refractivity contribution in [3.63, 3.8) is 0 Å². The number of hydrogen-bond donors (Lipinski definition) is 2. The molecule has 1 unspecified atom stereocenters. The Balaban J connectivity index is 1.31. The number of hydrogen-bond acceptors (Lipinski definition) is 3. The minimum absolute atomic E-state index is 0.0766. The van der Waals surface area contributed by atoms with Crippen LogP contribution in [0.3, 0.4) is 0 Å². The Kier molecular flexibility index (Phi) is 6.73. The molecule has 0 aliphatic heterocycles. The summed E-state index contributed by atoms with van der Waals surface area (Å²) in [7, 11) is 0. The van der Waals surface area contributed by atoms with E-state index in [1.54, 1.807) is 24.3 Å². The van der Waals surface area contributed by atoms with E-state index in [1.165, 1.54) is 5.56 Å². The molecule has 0 saturated heterocycles. The van der Waals surface area contributed by atoms with Gasteiger partial charge in [0.05, 0.1) is 0 Å². The van der Waals surface area contributed by atoms with E-state index >= 15 is 0 Å². The third-order valence-electron chi connectivity index (χ3n) is 5.66. The maximum atomic E-state index is 12.1. The minimum Gasteiger partial charge on any atom is -0.508 e. The van der Waals surface area contributed by atoms with Crippen molar-refractivity contribution in [1.29, 1.82) is 0 Å². The number of phenols is 1. The number of rotatable bonds is 5. The van der Waals surface area contributed by atoms with Crippen molar-refractivity contribution >= 4 is 40.6 Å². The largest absolute Gasteiger partial charge is 0.508 e. The number of anilines is 1. The maximum Gasteiger partial charge on any atom is 0.411 e. The Bertz CT molecular complexity index is 1140. The molecule has 3 aromatic carbocycles. The van der Waals surface area contributed by atoms with Crippen molar-refractivity contribution in [2.45, 2.75) is 25.9 Å². The lowest BCUT2D eigenvalue weighted by molar-refractivity contribution is 0.155. The van der Waals surface area contributed by atoms with E-state index in [9.17, 15) is 9.90 Å². The SMILES string of the molecule is C=C1c2ccc(O)cc2CCC1Cc1ccc(NC(=O)OCc2cc(Cl)cc(Cl)c2)cc1. The Morgan fingerprint density at radius 3 is 2.47 bits per heavy atom. The van der Waals surface area contributed by atoms with Crippen molar-refractivity contribution in [1.82, 2.24) is 0 Å². The van der Waals surface area contributed by atoms with Crippen LogP contribution in [0, 0.1) is 5.92 Å². The van der Waals surface area contributed by atoms with Gasteiger partial charge in [-0.1, -0.05) is 48.0 Å². The zero-order valence-electron chi connectivity index (χ0n) is 17.4. The molecule has 0 bridgehead atoms. The first-order valence-electron chi connectivity index (χ1n) is 10.4. The van der Waals surface area contributed by atoms with Crippen LogP contribution in [0.2, 0.25) is 10.0 Å². The van der Waals surface area contributed by atoms with Crippen LogP contribution in [0.4, 0.5) is 10.5 Å². The van der Waals surface area contributed by atoms with E-state index in [0.29, 0.717) is 27.4 Å². The molecule has 2 N–H and O–H groups in total. The van der Waals surface area contributed by atoms with E-state index in [0.717, 1.165) is 41.5 Å².